The molecule has 0 spiro atoms. The summed E-state index contributed by atoms with van der Waals surface area (Å²) in [7, 11) is 0. The third-order valence-corrected chi connectivity index (χ3v) is 17.0. The third kappa shape index (κ3) is 4.89. The van der Waals surface area contributed by atoms with E-state index in [4.69, 9.17) is 23.6 Å². The molecule has 4 aromatic carbocycles. The second kappa shape index (κ2) is 11.0. The second-order valence-electron chi connectivity index (χ2n) is 8.76. The highest BCUT2D eigenvalue weighted by Crippen LogP contribution is 2.52. The van der Waals surface area contributed by atoms with Gasteiger partial charge in [0.25, 0.3) is 0 Å². The molecule has 6 heteroatoms. The van der Waals surface area contributed by atoms with Crippen LogP contribution in [0.3, 0.4) is 0 Å². The molecule has 35 heavy (non-hydrogen) atoms. The fourth-order valence-corrected chi connectivity index (χ4v) is 13.2. The lowest BCUT2D eigenvalue weighted by Crippen LogP contribution is -2.37. The zero-order valence-electron chi connectivity index (χ0n) is 19.7. The van der Waals surface area contributed by atoms with Crippen LogP contribution < -0.4 is 21.2 Å². The lowest BCUT2D eigenvalue weighted by molar-refractivity contribution is 0.458. The molecule has 1 aliphatic rings. The van der Waals surface area contributed by atoms with Crippen LogP contribution in [0.25, 0.3) is 0 Å². The Hall–Kier alpha value is -1.90. The Morgan fingerprint density at radius 3 is 0.914 bits per heavy atom. The average molecular weight is 533 g/mol. The van der Waals surface area contributed by atoms with Crippen LogP contribution in [0.5, 0.6) is 0 Å². The predicted octanol–water partition coefficient (Wildman–Crippen LogP) is 5.09. The van der Waals surface area contributed by atoms with Gasteiger partial charge in [-0.05, 0) is 6.42 Å². The number of hydrogen-bond acceptors (Lipinski definition) is 2. The van der Waals surface area contributed by atoms with Crippen molar-refractivity contribution in [1.82, 2.24) is 9.34 Å². The summed E-state index contributed by atoms with van der Waals surface area (Å²) in [5.74, 6) is 0. The summed E-state index contributed by atoms with van der Waals surface area (Å²) >= 11 is 13.3. The highest BCUT2D eigenvalue weighted by molar-refractivity contribution is 8.21. The van der Waals surface area contributed by atoms with Gasteiger partial charge in [-0.3, -0.25) is 9.34 Å². The van der Waals surface area contributed by atoms with Gasteiger partial charge in [-0.1, -0.05) is 145 Å². The van der Waals surface area contributed by atoms with Gasteiger partial charge in [0.2, 0.25) is 0 Å². The van der Waals surface area contributed by atoms with Crippen molar-refractivity contribution in [3.05, 3.63) is 121 Å². The van der Waals surface area contributed by atoms with Crippen LogP contribution >= 0.6 is 12.4 Å². The summed E-state index contributed by atoms with van der Waals surface area (Å²) < 4.78 is 5.20. The maximum atomic E-state index is 6.64. The maximum absolute atomic E-state index is 6.64. The van der Waals surface area contributed by atoms with Crippen molar-refractivity contribution in [3.63, 3.8) is 0 Å². The van der Waals surface area contributed by atoms with Crippen molar-refractivity contribution in [3.8, 4) is 0 Å². The molecule has 5 rings (SSSR count). The van der Waals surface area contributed by atoms with Gasteiger partial charge in [0.05, 0.1) is 12.4 Å². The van der Waals surface area contributed by atoms with Gasteiger partial charge in [-0.25, -0.2) is 0 Å². The van der Waals surface area contributed by atoms with E-state index in [2.05, 4.69) is 131 Å². The van der Waals surface area contributed by atoms with Crippen molar-refractivity contribution in [2.75, 3.05) is 26.2 Å². The van der Waals surface area contributed by atoms with Crippen molar-refractivity contribution < 1.29 is 0 Å². The summed E-state index contributed by atoms with van der Waals surface area (Å²) in [5, 5.41) is 5.06. The molecule has 178 valence electrons. The topological polar surface area (TPSA) is 6.48 Å². The maximum Gasteiger partial charge on any atom is 0.0710 e. The minimum absolute atomic E-state index is 0.916. The first-order valence-corrected chi connectivity index (χ1v) is 17.6. The zero-order valence-corrected chi connectivity index (χ0v) is 23.1. The lowest BCUT2D eigenvalue weighted by Gasteiger charge is -2.37. The molecule has 2 nitrogen and oxygen atoms in total. The van der Waals surface area contributed by atoms with Crippen LogP contribution in [-0.4, -0.2) is 35.5 Å². The van der Waals surface area contributed by atoms with Crippen LogP contribution in [0, 0.1) is 0 Å². The summed E-state index contributed by atoms with van der Waals surface area (Å²) in [4.78, 5) is 0. The number of rotatable bonds is 6. The van der Waals surface area contributed by atoms with E-state index >= 15 is 0 Å². The molecule has 0 radical (unpaired) electrons. The molecule has 1 heterocycles. The monoisotopic (exact) mass is 532 g/mol. The van der Waals surface area contributed by atoms with E-state index in [1.807, 2.05) is 0 Å². The Morgan fingerprint density at radius 2 is 0.657 bits per heavy atom. The van der Waals surface area contributed by atoms with Crippen molar-refractivity contribution in [1.29, 1.82) is 0 Å². The molecular weight excluding hydrogens is 502 g/mol. The van der Waals surface area contributed by atoms with E-state index in [9.17, 15) is 0 Å². The molecule has 1 fully saturated rings. The van der Waals surface area contributed by atoms with E-state index in [0.29, 0.717) is 0 Å². The van der Waals surface area contributed by atoms with Gasteiger partial charge in [0.1, 0.15) is 0 Å². The molecule has 1 saturated heterocycles. The first kappa shape index (κ1) is 24.8. The van der Waals surface area contributed by atoms with Crippen LogP contribution in [0.1, 0.15) is 6.42 Å². The van der Waals surface area contributed by atoms with Crippen molar-refractivity contribution >= 4 is 57.2 Å². The van der Waals surface area contributed by atoms with E-state index in [1.165, 1.54) is 21.2 Å². The fourth-order valence-electron chi connectivity index (χ4n) is 4.93. The normalized spacial score (nSPS) is 16.0. The molecule has 0 aromatic heterocycles. The third-order valence-electron chi connectivity index (χ3n) is 6.67. The van der Waals surface area contributed by atoms with Gasteiger partial charge in [0.15, 0.2) is 0 Å². The second-order valence-corrected chi connectivity index (χ2v) is 17.4. The Balaban J connectivity index is 1.52. The van der Waals surface area contributed by atoms with E-state index in [-0.39, 0.29) is 0 Å². The molecule has 0 bridgehead atoms. The smallest absolute Gasteiger partial charge is 0.0710 e. The molecule has 0 aliphatic carbocycles. The van der Waals surface area contributed by atoms with Crippen LogP contribution in [0.4, 0.5) is 0 Å². The SMILES string of the molecule is S=P(c1ccccc1)(c1ccccc1)N1CCCN(P(=S)(c2ccccc2)c2ccccc2)CC1. The van der Waals surface area contributed by atoms with Crippen LogP contribution in [-0.2, 0) is 23.6 Å². The summed E-state index contributed by atoms with van der Waals surface area (Å²) in [6.45, 7) is 3.80. The van der Waals surface area contributed by atoms with E-state index in [1.54, 1.807) is 0 Å². The molecular formula is C29H30N2P2S2. The first-order valence-electron chi connectivity index (χ1n) is 12.1. The molecule has 0 atom stereocenters. The summed E-state index contributed by atoms with van der Waals surface area (Å²) in [6, 6.07) is 43.0. The summed E-state index contributed by atoms with van der Waals surface area (Å²) in [5.41, 5.74) is 0. The minimum Gasteiger partial charge on any atom is -0.267 e. The molecule has 4 aromatic rings. The molecule has 0 saturated carbocycles. The standard InChI is InChI=1S/C29H30N2P2S2/c34-32(26-14-5-1-6-15-26,27-16-7-2-8-17-27)30-22-13-23-31(25-24-30)33(35,28-18-9-3-10-19-28)29-20-11-4-12-21-29/h1-12,14-21H,13,22-25H2. The Bertz CT molecular complexity index is 1140. The minimum atomic E-state index is -2.13. The number of benzene rings is 4. The molecule has 0 N–H and O–H groups in total. The van der Waals surface area contributed by atoms with Crippen LogP contribution in [0.15, 0.2) is 121 Å². The quantitative estimate of drug-likeness (QED) is 0.319. The highest BCUT2D eigenvalue weighted by atomic mass is 32.4. The van der Waals surface area contributed by atoms with E-state index in [0.717, 1.165) is 32.6 Å². The van der Waals surface area contributed by atoms with Gasteiger partial charge in [-0.15, -0.1) is 0 Å². The lowest BCUT2D eigenvalue weighted by atomic mass is 10.4. The number of hydrogen-bond donors (Lipinski definition) is 0. The predicted molar refractivity (Wildman–Crippen MR) is 161 cm³/mol. The fraction of sp³-hybridized carbons (Fsp3) is 0.172. The van der Waals surface area contributed by atoms with Gasteiger partial charge < -0.3 is 0 Å². The van der Waals surface area contributed by atoms with E-state index < -0.39 is 12.4 Å². The van der Waals surface area contributed by atoms with Gasteiger partial charge >= 0.3 is 0 Å². The number of nitrogens with zero attached hydrogens (tertiary/aromatic N) is 2. The molecule has 0 unspecified atom stereocenters. The Labute approximate surface area is 219 Å². The van der Waals surface area contributed by atoms with Crippen LogP contribution in [0.2, 0.25) is 0 Å². The first-order chi connectivity index (χ1) is 17.1. The largest absolute Gasteiger partial charge is 0.267 e. The van der Waals surface area contributed by atoms with Crippen molar-refractivity contribution in [2.45, 2.75) is 6.42 Å². The summed E-state index contributed by atoms with van der Waals surface area (Å²) in [6.07, 6.45) is -3.21. The average Bonchev–Trinajstić information content (AvgIpc) is 3.21. The Morgan fingerprint density at radius 1 is 0.400 bits per heavy atom. The van der Waals surface area contributed by atoms with Crippen molar-refractivity contribution in [2.24, 2.45) is 0 Å². The van der Waals surface area contributed by atoms with Gasteiger partial charge in [-0.2, -0.15) is 0 Å². The highest BCUT2D eigenvalue weighted by Gasteiger charge is 2.35. The Kier molecular flexibility index (Phi) is 7.80. The molecule has 1 aliphatic heterocycles. The molecule has 0 amide bonds. The zero-order chi connectivity index (χ0) is 24.1. The van der Waals surface area contributed by atoms with Gasteiger partial charge in [0, 0.05) is 47.4 Å².